The second-order valence-corrected chi connectivity index (χ2v) is 5.29. The maximum absolute atomic E-state index is 13.5. The van der Waals surface area contributed by atoms with E-state index in [1.165, 1.54) is 35.9 Å². The van der Waals surface area contributed by atoms with Crippen LogP contribution in [0.4, 0.5) is 19.9 Å². The smallest absolute Gasteiger partial charge is 0.324 e. The highest BCUT2D eigenvalue weighted by atomic mass is 32.1. The number of rotatable bonds is 4. The van der Waals surface area contributed by atoms with Crippen molar-refractivity contribution in [3.05, 3.63) is 60.0 Å². The highest BCUT2D eigenvalue weighted by Crippen LogP contribution is 2.21. The lowest BCUT2D eigenvalue weighted by atomic mass is 10.3. The van der Waals surface area contributed by atoms with Crippen LogP contribution in [-0.4, -0.2) is 16.0 Å². The summed E-state index contributed by atoms with van der Waals surface area (Å²) in [7, 11) is 0. The summed E-state index contributed by atoms with van der Waals surface area (Å²) in [6, 6.07) is 9.15. The Bertz CT molecular complexity index is 794. The van der Waals surface area contributed by atoms with E-state index in [1.54, 1.807) is 18.2 Å². The third-order valence-corrected chi connectivity index (χ3v) is 3.47. The number of carbonyl (C=O) groups excluding carboxylic acids is 1. The van der Waals surface area contributed by atoms with E-state index in [0.717, 1.165) is 5.00 Å². The van der Waals surface area contributed by atoms with Crippen molar-refractivity contribution in [3.8, 4) is 11.8 Å². The zero-order valence-electron chi connectivity index (χ0n) is 11.7. The summed E-state index contributed by atoms with van der Waals surface area (Å²) < 4.78 is 18.7. The van der Waals surface area contributed by atoms with Gasteiger partial charge in [0.05, 0.1) is 23.1 Å². The molecule has 0 saturated heterocycles. The molecule has 0 spiro atoms. The molecule has 0 bridgehead atoms. The van der Waals surface area contributed by atoms with Crippen molar-refractivity contribution in [3.63, 3.8) is 0 Å². The lowest BCUT2D eigenvalue weighted by molar-refractivity contribution is 0.262. The number of urea groups is 1. The Morgan fingerprint density at radius 1 is 1.09 bits per heavy atom. The molecule has 116 valence electrons. The van der Waals surface area contributed by atoms with E-state index in [1.807, 2.05) is 11.4 Å². The number of halogens is 1. The molecule has 0 fully saturated rings. The number of carbonyl (C=O) groups is 1. The first kappa shape index (κ1) is 14.9. The zero-order chi connectivity index (χ0) is 16.1. The predicted octanol–water partition coefficient (Wildman–Crippen LogP) is 4.11. The molecule has 0 saturated carbocycles. The van der Waals surface area contributed by atoms with Gasteiger partial charge in [-0.05, 0) is 29.6 Å². The molecule has 8 heteroatoms. The SMILES string of the molecule is O=C(Nc1cnc(Oc2ccccc2F)nc1)Nc1cccs1. The van der Waals surface area contributed by atoms with E-state index < -0.39 is 11.8 Å². The third kappa shape index (κ3) is 4.01. The zero-order valence-corrected chi connectivity index (χ0v) is 12.5. The van der Waals surface area contributed by atoms with E-state index >= 15 is 0 Å². The Hall–Kier alpha value is -3.00. The van der Waals surface area contributed by atoms with Crippen LogP contribution in [0.2, 0.25) is 0 Å². The van der Waals surface area contributed by atoms with Crippen molar-refractivity contribution in [2.24, 2.45) is 0 Å². The van der Waals surface area contributed by atoms with Crippen LogP contribution >= 0.6 is 11.3 Å². The van der Waals surface area contributed by atoms with E-state index in [0.29, 0.717) is 5.69 Å². The second kappa shape index (κ2) is 6.84. The summed E-state index contributed by atoms with van der Waals surface area (Å²) in [6.07, 6.45) is 2.74. The van der Waals surface area contributed by atoms with Crippen molar-refractivity contribution in [1.82, 2.24) is 9.97 Å². The fourth-order valence-electron chi connectivity index (χ4n) is 1.68. The van der Waals surface area contributed by atoms with Crippen molar-refractivity contribution >= 4 is 28.1 Å². The Kier molecular flexibility index (Phi) is 4.44. The van der Waals surface area contributed by atoms with Crippen LogP contribution in [0.15, 0.2) is 54.2 Å². The number of nitrogens with one attached hydrogen (secondary N) is 2. The lowest BCUT2D eigenvalue weighted by Gasteiger charge is -2.07. The molecule has 0 aliphatic rings. The van der Waals surface area contributed by atoms with Gasteiger partial charge in [0.1, 0.15) is 0 Å². The lowest BCUT2D eigenvalue weighted by Crippen LogP contribution is -2.18. The topological polar surface area (TPSA) is 76.1 Å². The van der Waals surface area contributed by atoms with E-state index in [2.05, 4.69) is 20.6 Å². The minimum absolute atomic E-state index is 0.0145. The molecule has 2 heterocycles. The monoisotopic (exact) mass is 330 g/mol. The fraction of sp³-hybridized carbons (Fsp3) is 0. The molecule has 3 aromatic rings. The van der Waals surface area contributed by atoms with Gasteiger partial charge < -0.3 is 10.1 Å². The molecule has 3 rings (SSSR count). The van der Waals surface area contributed by atoms with Crippen LogP contribution in [0.3, 0.4) is 0 Å². The van der Waals surface area contributed by atoms with Crippen LogP contribution in [0.25, 0.3) is 0 Å². The molecule has 1 aromatic carbocycles. The molecule has 2 N–H and O–H groups in total. The number of nitrogens with zero attached hydrogens (tertiary/aromatic N) is 2. The highest BCUT2D eigenvalue weighted by Gasteiger charge is 2.07. The summed E-state index contributed by atoms with van der Waals surface area (Å²) in [6.45, 7) is 0. The van der Waals surface area contributed by atoms with Crippen molar-refractivity contribution in [2.75, 3.05) is 10.6 Å². The van der Waals surface area contributed by atoms with Gasteiger partial charge in [-0.1, -0.05) is 12.1 Å². The number of aromatic nitrogens is 2. The standard InChI is InChI=1S/C15H11FN4O2S/c16-11-4-1-2-5-12(11)22-15-17-8-10(9-18-15)19-14(21)20-13-6-3-7-23-13/h1-9H,(H2,19,20,21). The Labute approximate surface area is 135 Å². The molecule has 0 unspecified atom stereocenters. The number of benzene rings is 1. The van der Waals surface area contributed by atoms with Gasteiger partial charge in [0.25, 0.3) is 0 Å². The van der Waals surface area contributed by atoms with Gasteiger partial charge >= 0.3 is 12.0 Å². The van der Waals surface area contributed by atoms with Crippen molar-refractivity contribution in [1.29, 1.82) is 0 Å². The Balaban J connectivity index is 1.61. The maximum atomic E-state index is 13.5. The first-order valence-electron chi connectivity index (χ1n) is 6.56. The number of amides is 2. The van der Waals surface area contributed by atoms with Gasteiger partial charge in [0.2, 0.25) is 0 Å². The second-order valence-electron chi connectivity index (χ2n) is 4.34. The van der Waals surface area contributed by atoms with Gasteiger partial charge in [-0.2, -0.15) is 0 Å². The summed E-state index contributed by atoms with van der Waals surface area (Å²) in [5.74, 6) is -0.475. The molecule has 2 amide bonds. The summed E-state index contributed by atoms with van der Waals surface area (Å²) in [5, 5.41) is 7.83. The normalized spacial score (nSPS) is 10.1. The van der Waals surface area contributed by atoms with Gasteiger partial charge in [-0.3, -0.25) is 5.32 Å². The molecule has 0 aliphatic heterocycles. The molecule has 2 aromatic heterocycles. The number of anilines is 2. The third-order valence-electron chi connectivity index (χ3n) is 2.68. The van der Waals surface area contributed by atoms with Crippen LogP contribution < -0.4 is 15.4 Å². The summed E-state index contributed by atoms with van der Waals surface area (Å²) >= 11 is 1.41. The predicted molar refractivity (Wildman–Crippen MR) is 85.5 cm³/mol. The summed E-state index contributed by atoms with van der Waals surface area (Å²) in [4.78, 5) is 19.6. The Morgan fingerprint density at radius 3 is 2.57 bits per heavy atom. The molecule has 0 aliphatic carbocycles. The number of hydrogen-bond acceptors (Lipinski definition) is 5. The van der Waals surface area contributed by atoms with Gasteiger partial charge in [0.15, 0.2) is 11.6 Å². The molecule has 0 radical (unpaired) electrons. The minimum Gasteiger partial charge on any atom is -0.421 e. The quantitative estimate of drug-likeness (QED) is 0.754. The fourth-order valence-corrected chi connectivity index (χ4v) is 2.30. The largest absolute Gasteiger partial charge is 0.421 e. The Morgan fingerprint density at radius 2 is 1.87 bits per heavy atom. The van der Waals surface area contributed by atoms with Crippen molar-refractivity contribution < 1.29 is 13.9 Å². The highest BCUT2D eigenvalue weighted by molar-refractivity contribution is 7.14. The molecular weight excluding hydrogens is 319 g/mol. The van der Waals surface area contributed by atoms with Gasteiger partial charge in [0, 0.05) is 0 Å². The molecule has 0 atom stereocenters. The molecule has 23 heavy (non-hydrogen) atoms. The molecular formula is C15H11FN4O2S. The van der Waals surface area contributed by atoms with Crippen molar-refractivity contribution in [2.45, 2.75) is 0 Å². The van der Waals surface area contributed by atoms with E-state index in [-0.39, 0.29) is 11.8 Å². The van der Waals surface area contributed by atoms with E-state index in [9.17, 15) is 9.18 Å². The van der Waals surface area contributed by atoms with Crippen LogP contribution in [0.5, 0.6) is 11.8 Å². The maximum Gasteiger partial charge on any atom is 0.324 e. The van der Waals surface area contributed by atoms with Crippen LogP contribution in [0, 0.1) is 5.82 Å². The average molecular weight is 330 g/mol. The van der Waals surface area contributed by atoms with Gasteiger partial charge in [-0.15, -0.1) is 11.3 Å². The van der Waals surface area contributed by atoms with E-state index in [4.69, 9.17) is 4.74 Å². The average Bonchev–Trinajstić information content (AvgIpc) is 3.04. The molecule has 6 nitrogen and oxygen atoms in total. The summed E-state index contributed by atoms with van der Waals surface area (Å²) in [5.41, 5.74) is 0.389. The number of para-hydroxylation sites is 1. The number of hydrogen-bond donors (Lipinski definition) is 2. The number of ether oxygens (including phenoxy) is 1. The minimum atomic E-state index is -0.506. The first-order chi connectivity index (χ1) is 11.2. The van der Waals surface area contributed by atoms with Gasteiger partial charge in [-0.25, -0.2) is 19.2 Å². The first-order valence-corrected chi connectivity index (χ1v) is 7.44. The van der Waals surface area contributed by atoms with Crippen LogP contribution in [-0.2, 0) is 0 Å². The number of thiophene rings is 1. The van der Waals surface area contributed by atoms with Crippen LogP contribution in [0.1, 0.15) is 0 Å².